The van der Waals surface area contributed by atoms with Gasteiger partial charge in [0.25, 0.3) is 0 Å². The molecule has 0 aromatic heterocycles. The van der Waals surface area contributed by atoms with Gasteiger partial charge < -0.3 is 4.79 Å². The fraction of sp³-hybridized carbons (Fsp3) is 0.833. The molecular weight excluding hydrogens is 159 g/mol. The van der Waals surface area contributed by atoms with Crippen LogP contribution in [0.5, 0.6) is 0 Å². The van der Waals surface area contributed by atoms with Crippen LogP contribution in [0.1, 0.15) is 27.7 Å². The van der Waals surface area contributed by atoms with E-state index in [0.717, 1.165) is 0 Å². The van der Waals surface area contributed by atoms with E-state index in [1.165, 1.54) is 13.8 Å². The zero-order valence-electron chi connectivity index (χ0n) is 6.16. The first kappa shape index (κ1) is 12.0. The van der Waals surface area contributed by atoms with E-state index in [2.05, 4.69) is 0 Å². The van der Waals surface area contributed by atoms with Crippen LogP contribution in [0.3, 0.4) is 0 Å². The van der Waals surface area contributed by atoms with Gasteiger partial charge >= 0.3 is 0 Å². The summed E-state index contributed by atoms with van der Waals surface area (Å²) in [6.45, 7) is 6.49. The second-order valence-electron chi connectivity index (χ2n) is 2.24. The van der Waals surface area contributed by atoms with Gasteiger partial charge in [0, 0.05) is 0 Å². The van der Waals surface area contributed by atoms with Crippen molar-refractivity contribution in [3.8, 4) is 0 Å². The molecule has 0 aromatic carbocycles. The Balaban J connectivity index is 0. The summed E-state index contributed by atoms with van der Waals surface area (Å²) in [5.41, 5.74) is 0. The summed E-state index contributed by atoms with van der Waals surface area (Å²) < 4.78 is -0.556. The maximum atomic E-state index is 9.44. The highest BCUT2D eigenvalue weighted by molar-refractivity contribution is 6.47. The second kappa shape index (κ2) is 5.07. The molecule has 0 heterocycles. The smallest absolute Gasteiger partial charge is 0.126 e. The molecule has 9 heavy (non-hydrogen) atoms. The van der Waals surface area contributed by atoms with Gasteiger partial charge in [-0.05, 0) is 27.7 Å². The highest BCUT2D eigenvalue weighted by atomic mass is 35.5. The largest absolute Gasteiger partial charge is 0.300 e. The number of carbonyl (C=O) groups is 1. The topological polar surface area (TPSA) is 17.1 Å². The molecule has 0 saturated heterocycles. The van der Waals surface area contributed by atoms with Crippen molar-refractivity contribution >= 4 is 29.0 Å². The lowest BCUT2D eigenvalue weighted by Gasteiger charge is -1.98. The van der Waals surface area contributed by atoms with E-state index >= 15 is 0 Å². The molecule has 0 radical (unpaired) electrons. The fourth-order valence-corrected chi connectivity index (χ4v) is 0. The highest BCUT2D eigenvalue weighted by Crippen LogP contribution is 2.16. The van der Waals surface area contributed by atoms with Gasteiger partial charge in [-0.1, -0.05) is 0 Å². The number of Topliss-reactive ketones (excluding diaryl/α,β-unsaturated/α-hetero) is 1. The number of rotatable bonds is 0. The predicted octanol–water partition coefficient (Wildman–Crippen LogP) is 2.80. The van der Waals surface area contributed by atoms with E-state index in [1.54, 1.807) is 13.8 Å². The number of carbonyl (C=O) groups excluding carboxylic acids is 1. The molecule has 3 heteroatoms. The van der Waals surface area contributed by atoms with Crippen molar-refractivity contribution in [3.05, 3.63) is 0 Å². The standard InChI is InChI=1S/C3H6Cl2.C3H6O/c1-3(2,4)5;1-3(2)4/h1-2H3;1-2H3. The van der Waals surface area contributed by atoms with Crippen molar-refractivity contribution in [1.82, 2.24) is 0 Å². The van der Waals surface area contributed by atoms with E-state index in [1.807, 2.05) is 0 Å². The minimum absolute atomic E-state index is 0.167. The summed E-state index contributed by atoms with van der Waals surface area (Å²) in [5, 5.41) is 0. The lowest BCUT2D eigenvalue weighted by molar-refractivity contribution is -0.114. The van der Waals surface area contributed by atoms with Gasteiger partial charge in [0.1, 0.15) is 10.1 Å². The molecule has 0 aliphatic rings. The third-order valence-corrected chi connectivity index (χ3v) is 0. The van der Waals surface area contributed by atoms with Gasteiger partial charge in [-0.15, -0.1) is 23.2 Å². The quantitative estimate of drug-likeness (QED) is 0.512. The first-order chi connectivity index (χ1) is 3.73. The summed E-state index contributed by atoms with van der Waals surface area (Å²) in [7, 11) is 0. The van der Waals surface area contributed by atoms with E-state index in [9.17, 15) is 4.79 Å². The lowest BCUT2D eigenvalue weighted by Crippen LogP contribution is -1.93. The van der Waals surface area contributed by atoms with Gasteiger partial charge in [-0.3, -0.25) is 0 Å². The summed E-state index contributed by atoms with van der Waals surface area (Å²) >= 11 is 10.6. The van der Waals surface area contributed by atoms with Crippen molar-refractivity contribution in [1.29, 1.82) is 0 Å². The molecule has 0 spiro atoms. The molecule has 1 nitrogen and oxygen atoms in total. The van der Waals surface area contributed by atoms with E-state index in [4.69, 9.17) is 23.2 Å². The Bertz CT molecular complexity index is 73.5. The van der Waals surface area contributed by atoms with E-state index < -0.39 is 4.33 Å². The summed E-state index contributed by atoms with van der Waals surface area (Å²) in [4.78, 5) is 9.44. The van der Waals surface area contributed by atoms with Crippen LogP contribution in [0.4, 0.5) is 0 Å². The summed E-state index contributed by atoms with van der Waals surface area (Å²) in [6.07, 6.45) is 0. The van der Waals surface area contributed by atoms with Crippen molar-refractivity contribution < 1.29 is 4.79 Å². The Morgan fingerprint density at radius 3 is 1.22 bits per heavy atom. The van der Waals surface area contributed by atoms with Crippen LogP contribution < -0.4 is 0 Å². The third kappa shape index (κ3) is 5160. The monoisotopic (exact) mass is 170 g/mol. The van der Waals surface area contributed by atoms with E-state index in [-0.39, 0.29) is 5.78 Å². The van der Waals surface area contributed by atoms with Crippen LogP contribution in [0.25, 0.3) is 0 Å². The Morgan fingerprint density at radius 2 is 1.22 bits per heavy atom. The average Bonchev–Trinajstić information content (AvgIpc) is 1.19. The van der Waals surface area contributed by atoms with Crippen LogP contribution in [-0.2, 0) is 4.79 Å². The second-order valence-corrected chi connectivity index (χ2v) is 4.32. The normalized spacial score (nSPS) is 9.56. The summed E-state index contributed by atoms with van der Waals surface area (Å²) in [5.74, 6) is 0.167. The number of hydrogen-bond acceptors (Lipinski definition) is 1. The Kier molecular flexibility index (Phi) is 6.74. The van der Waals surface area contributed by atoms with Gasteiger partial charge in [0.15, 0.2) is 0 Å². The minimum atomic E-state index is -0.556. The third-order valence-electron chi connectivity index (χ3n) is 0. The van der Waals surface area contributed by atoms with E-state index in [0.29, 0.717) is 0 Å². The number of ketones is 1. The van der Waals surface area contributed by atoms with Crippen LogP contribution in [0.15, 0.2) is 0 Å². The van der Waals surface area contributed by atoms with Crippen molar-refractivity contribution in [2.75, 3.05) is 0 Å². The Morgan fingerprint density at radius 1 is 1.22 bits per heavy atom. The number of alkyl halides is 2. The van der Waals surface area contributed by atoms with Gasteiger partial charge in [-0.2, -0.15) is 0 Å². The maximum Gasteiger partial charge on any atom is 0.126 e. The minimum Gasteiger partial charge on any atom is -0.300 e. The van der Waals surface area contributed by atoms with Gasteiger partial charge in [-0.25, -0.2) is 0 Å². The van der Waals surface area contributed by atoms with Crippen LogP contribution >= 0.6 is 23.2 Å². The van der Waals surface area contributed by atoms with Crippen molar-refractivity contribution in [2.24, 2.45) is 0 Å². The fourth-order valence-electron chi connectivity index (χ4n) is 0. The maximum absolute atomic E-state index is 9.44. The molecule has 0 saturated carbocycles. The molecule has 0 fully saturated rings. The average molecular weight is 171 g/mol. The molecule has 0 bridgehead atoms. The lowest BCUT2D eigenvalue weighted by atomic mass is 10.6. The molecular formula is C6H12Cl2O. The zero-order valence-corrected chi connectivity index (χ0v) is 7.68. The molecule has 0 aromatic rings. The molecule has 0 N–H and O–H groups in total. The van der Waals surface area contributed by atoms with Crippen LogP contribution in [-0.4, -0.2) is 10.1 Å². The van der Waals surface area contributed by atoms with Gasteiger partial charge in [0.05, 0.1) is 0 Å². The highest BCUT2D eigenvalue weighted by Gasteiger charge is 2.03. The Labute approximate surface area is 66.3 Å². The first-order valence-electron chi connectivity index (χ1n) is 2.58. The van der Waals surface area contributed by atoms with Crippen molar-refractivity contribution in [3.63, 3.8) is 0 Å². The number of hydrogen-bond donors (Lipinski definition) is 0. The molecule has 0 aliphatic carbocycles. The van der Waals surface area contributed by atoms with Crippen LogP contribution in [0.2, 0.25) is 0 Å². The first-order valence-corrected chi connectivity index (χ1v) is 3.34. The number of halogens is 2. The molecule has 0 amide bonds. The molecule has 0 unspecified atom stereocenters. The molecule has 56 valence electrons. The molecule has 0 aliphatic heterocycles. The summed E-state index contributed by atoms with van der Waals surface area (Å²) in [6, 6.07) is 0. The molecule has 0 atom stereocenters. The SMILES string of the molecule is CC(C)(Cl)Cl.CC(C)=O. The Hall–Kier alpha value is 0.250. The molecule has 0 rings (SSSR count). The van der Waals surface area contributed by atoms with Crippen molar-refractivity contribution in [2.45, 2.75) is 32.0 Å². The zero-order chi connectivity index (χ0) is 8.08. The van der Waals surface area contributed by atoms with Gasteiger partial charge in [0.2, 0.25) is 0 Å². The predicted molar refractivity (Wildman–Crippen MR) is 42.1 cm³/mol. The van der Waals surface area contributed by atoms with Crippen LogP contribution in [0, 0.1) is 0 Å².